The van der Waals surface area contributed by atoms with Gasteiger partial charge < -0.3 is 10.2 Å². The van der Waals surface area contributed by atoms with Gasteiger partial charge in [0, 0.05) is 19.6 Å². The van der Waals surface area contributed by atoms with E-state index in [4.69, 9.17) is 0 Å². The molecule has 0 saturated carbocycles. The Kier molecular flexibility index (Phi) is 4.37. The van der Waals surface area contributed by atoms with Crippen LogP contribution in [0.1, 0.15) is 24.5 Å². The van der Waals surface area contributed by atoms with Crippen LogP contribution in [0.15, 0.2) is 24.3 Å². The quantitative estimate of drug-likeness (QED) is 0.879. The zero-order valence-corrected chi connectivity index (χ0v) is 11.3. The van der Waals surface area contributed by atoms with E-state index in [1.165, 1.54) is 11.1 Å². The molecule has 1 aliphatic rings. The molecule has 0 aliphatic carbocycles. The fraction of sp³-hybridized carbons (Fsp3) is 0.533. The van der Waals surface area contributed by atoms with Crippen LogP contribution in [-0.2, 0) is 17.8 Å². The SMILES string of the molecule is CCC(CNC)C(=O)N1CCc2ccccc2C1. The molecule has 3 heteroatoms. The molecule has 0 spiro atoms. The van der Waals surface area contributed by atoms with Crippen molar-refractivity contribution in [1.82, 2.24) is 10.2 Å². The third-order valence-corrected chi connectivity index (χ3v) is 3.73. The van der Waals surface area contributed by atoms with Crippen LogP contribution in [0.5, 0.6) is 0 Å². The lowest BCUT2D eigenvalue weighted by Crippen LogP contribution is -2.42. The van der Waals surface area contributed by atoms with Gasteiger partial charge in [0.15, 0.2) is 0 Å². The average molecular weight is 246 g/mol. The van der Waals surface area contributed by atoms with Crippen LogP contribution >= 0.6 is 0 Å². The topological polar surface area (TPSA) is 32.3 Å². The summed E-state index contributed by atoms with van der Waals surface area (Å²) >= 11 is 0. The van der Waals surface area contributed by atoms with E-state index in [1.807, 2.05) is 11.9 Å². The summed E-state index contributed by atoms with van der Waals surface area (Å²) in [4.78, 5) is 14.4. The van der Waals surface area contributed by atoms with Crippen LogP contribution in [0.4, 0.5) is 0 Å². The fourth-order valence-electron chi connectivity index (χ4n) is 2.59. The van der Waals surface area contributed by atoms with Crippen LogP contribution in [0.3, 0.4) is 0 Å². The number of benzene rings is 1. The number of hydrogen-bond donors (Lipinski definition) is 1. The predicted molar refractivity (Wildman–Crippen MR) is 73.3 cm³/mol. The maximum absolute atomic E-state index is 12.4. The summed E-state index contributed by atoms with van der Waals surface area (Å²) in [5.41, 5.74) is 2.69. The molecule has 1 aromatic rings. The molecule has 2 rings (SSSR count). The Morgan fingerprint density at radius 3 is 2.78 bits per heavy atom. The molecule has 1 amide bonds. The molecule has 18 heavy (non-hydrogen) atoms. The second-order valence-electron chi connectivity index (χ2n) is 4.94. The second-order valence-corrected chi connectivity index (χ2v) is 4.94. The second kappa shape index (κ2) is 6.01. The van der Waals surface area contributed by atoms with E-state index in [-0.39, 0.29) is 5.92 Å². The lowest BCUT2D eigenvalue weighted by Gasteiger charge is -2.31. The molecule has 1 N–H and O–H groups in total. The Morgan fingerprint density at radius 2 is 2.11 bits per heavy atom. The summed E-state index contributed by atoms with van der Waals surface area (Å²) in [6.07, 6.45) is 1.88. The van der Waals surface area contributed by atoms with Gasteiger partial charge >= 0.3 is 0 Å². The largest absolute Gasteiger partial charge is 0.338 e. The van der Waals surface area contributed by atoms with E-state index >= 15 is 0 Å². The van der Waals surface area contributed by atoms with Crippen LogP contribution in [0.25, 0.3) is 0 Å². The van der Waals surface area contributed by atoms with Gasteiger partial charge in [-0.25, -0.2) is 0 Å². The maximum Gasteiger partial charge on any atom is 0.227 e. The van der Waals surface area contributed by atoms with Gasteiger partial charge in [-0.15, -0.1) is 0 Å². The van der Waals surface area contributed by atoms with Gasteiger partial charge in [0.2, 0.25) is 5.91 Å². The van der Waals surface area contributed by atoms with Crippen LogP contribution in [-0.4, -0.2) is 30.9 Å². The molecule has 0 fully saturated rings. The molecule has 1 heterocycles. The Labute approximate surface area is 109 Å². The maximum atomic E-state index is 12.4. The zero-order chi connectivity index (χ0) is 13.0. The first-order valence-corrected chi connectivity index (χ1v) is 6.76. The number of carbonyl (C=O) groups is 1. The van der Waals surface area contributed by atoms with E-state index in [0.717, 1.165) is 32.5 Å². The fourth-order valence-corrected chi connectivity index (χ4v) is 2.59. The molecule has 1 aliphatic heterocycles. The minimum Gasteiger partial charge on any atom is -0.338 e. The first-order valence-electron chi connectivity index (χ1n) is 6.76. The number of nitrogens with zero attached hydrogens (tertiary/aromatic N) is 1. The van der Waals surface area contributed by atoms with Crippen molar-refractivity contribution < 1.29 is 4.79 Å². The van der Waals surface area contributed by atoms with Gasteiger partial charge in [0.05, 0.1) is 5.92 Å². The molecule has 1 aromatic carbocycles. The Morgan fingerprint density at radius 1 is 1.39 bits per heavy atom. The van der Waals surface area contributed by atoms with Crippen molar-refractivity contribution in [2.75, 3.05) is 20.1 Å². The van der Waals surface area contributed by atoms with Crippen molar-refractivity contribution in [2.24, 2.45) is 5.92 Å². The molecule has 0 aromatic heterocycles. The van der Waals surface area contributed by atoms with E-state index in [2.05, 4.69) is 36.5 Å². The van der Waals surface area contributed by atoms with Crippen molar-refractivity contribution in [3.05, 3.63) is 35.4 Å². The minimum absolute atomic E-state index is 0.111. The van der Waals surface area contributed by atoms with Crippen molar-refractivity contribution in [3.8, 4) is 0 Å². The third kappa shape index (κ3) is 2.72. The first-order chi connectivity index (χ1) is 8.76. The summed E-state index contributed by atoms with van der Waals surface area (Å²) in [5.74, 6) is 0.404. The summed E-state index contributed by atoms with van der Waals surface area (Å²) < 4.78 is 0. The van der Waals surface area contributed by atoms with Gasteiger partial charge in [-0.05, 0) is 31.0 Å². The molecule has 0 saturated heterocycles. The molecule has 1 unspecified atom stereocenters. The summed E-state index contributed by atoms with van der Waals surface area (Å²) in [6, 6.07) is 8.43. The number of fused-ring (bicyclic) bond motifs is 1. The molecule has 3 nitrogen and oxygen atoms in total. The lowest BCUT2D eigenvalue weighted by molar-refractivity contribution is -0.136. The first kappa shape index (κ1) is 13.1. The van der Waals surface area contributed by atoms with Gasteiger partial charge in [0.25, 0.3) is 0 Å². The van der Waals surface area contributed by atoms with Gasteiger partial charge in [-0.3, -0.25) is 4.79 Å². The van der Waals surface area contributed by atoms with Crippen LogP contribution in [0.2, 0.25) is 0 Å². The van der Waals surface area contributed by atoms with Crippen molar-refractivity contribution in [1.29, 1.82) is 0 Å². The summed E-state index contributed by atoms with van der Waals surface area (Å²) in [7, 11) is 1.90. The zero-order valence-electron chi connectivity index (χ0n) is 11.3. The van der Waals surface area contributed by atoms with Crippen molar-refractivity contribution in [2.45, 2.75) is 26.3 Å². The highest BCUT2D eigenvalue weighted by molar-refractivity contribution is 5.79. The predicted octanol–water partition coefficient (Wildman–Crippen LogP) is 1.82. The highest BCUT2D eigenvalue weighted by Gasteiger charge is 2.25. The Bertz CT molecular complexity index is 417. The molecule has 98 valence electrons. The average Bonchev–Trinajstić information content (AvgIpc) is 2.43. The monoisotopic (exact) mass is 246 g/mol. The normalized spacial score (nSPS) is 16.2. The lowest BCUT2D eigenvalue weighted by atomic mass is 9.97. The third-order valence-electron chi connectivity index (χ3n) is 3.73. The van der Waals surface area contributed by atoms with Crippen LogP contribution in [0, 0.1) is 5.92 Å². The van der Waals surface area contributed by atoms with Gasteiger partial charge in [0.1, 0.15) is 0 Å². The Balaban J connectivity index is 2.06. The summed E-state index contributed by atoms with van der Waals surface area (Å²) in [6.45, 7) is 4.48. The highest BCUT2D eigenvalue weighted by Crippen LogP contribution is 2.20. The number of rotatable bonds is 4. The van der Waals surface area contributed by atoms with E-state index < -0.39 is 0 Å². The number of carbonyl (C=O) groups excluding carboxylic acids is 1. The number of hydrogen-bond acceptors (Lipinski definition) is 2. The van der Waals surface area contributed by atoms with E-state index in [0.29, 0.717) is 5.91 Å². The van der Waals surface area contributed by atoms with E-state index in [9.17, 15) is 4.79 Å². The molecule has 0 radical (unpaired) electrons. The smallest absolute Gasteiger partial charge is 0.227 e. The Hall–Kier alpha value is -1.35. The molecule has 0 bridgehead atoms. The van der Waals surface area contributed by atoms with Crippen LogP contribution < -0.4 is 5.32 Å². The van der Waals surface area contributed by atoms with Crippen molar-refractivity contribution in [3.63, 3.8) is 0 Å². The number of nitrogens with one attached hydrogen (secondary N) is 1. The van der Waals surface area contributed by atoms with Gasteiger partial charge in [-0.1, -0.05) is 31.2 Å². The summed E-state index contributed by atoms with van der Waals surface area (Å²) in [5, 5.41) is 3.11. The highest BCUT2D eigenvalue weighted by atomic mass is 16.2. The minimum atomic E-state index is 0.111. The molecule has 1 atom stereocenters. The number of amides is 1. The molecular weight excluding hydrogens is 224 g/mol. The van der Waals surface area contributed by atoms with E-state index in [1.54, 1.807) is 0 Å². The van der Waals surface area contributed by atoms with Crippen molar-refractivity contribution >= 4 is 5.91 Å². The standard InChI is InChI=1S/C15H22N2O/c1-3-12(10-16-2)15(18)17-9-8-13-6-4-5-7-14(13)11-17/h4-7,12,16H,3,8-11H2,1-2H3. The molecular formula is C15H22N2O. The van der Waals surface area contributed by atoms with Gasteiger partial charge in [-0.2, -0.15) is 0 Å².